The Kier molecular flexibility index (Phi) is 4.55. The van der Waals surface area contributed by atoms with Crippen molar-refractivity contribution in [1.82, 2.24) is 10.2 Å². The quantitative estimate of drug-likeness (QED) is 0.813. The molecule has 0 spiro atoms. The predicted molar refractivity (Wildman–Crippen MR) is 76.5 cm³/mol. The SMILES string of the molecule is CCCC1(C(=O)O)CCN(C(=O)NC(C)C2CCC2)C1. The number of nitrogens with zero attached hydrogens (tertiary/aromatic N) is 1. The minimum Gasteiger partial charge on any atom is -0.481 e. The Morgan fingerprint density at radius 3 is 2.65 bits per heavy atom. The van der Waals surface area contributed by atoms with Gasteiger partial charge in [-0.25, -0.2) is 4.79 Å². The molecule has 1 heterocycles. The van der Waals surface area contributed by atoms with Crippen LogP contribution in [0.4, 0.5) is 4.79 Å². The van der Waals surface area contributed by atoms with Crippen LogP contribution in [-0.4, -0.2) is 41.1 Å². The average Bonchev–Trinajstić information content (AvgIpc) is 2.72. The lowest BCUT2D eigenvalue weighted by Gasteiger charge is -2.33. The summed E-state index contributed by atoms with van der Waals surface area (Å²) in [5.74, 6) is -0.164. The molecule has 5 heteroatoms. The fourth-order valence-electron chi connectivity index (χ4n) is 3.35. The monoisotopic (exact) mass is 282 g/mol. The second kappa shape index (κ2) is 6.02. The normalized spacial score (nSPS) is 28.0. The van der Waals surface area contributed by atoms with E-state index in [9.17, 15) is 14.7 Å². The molecule has 114 valence electrons. The van der Waals surface area contributed by atoms with Crippen molar-refractivity contribution in [3.63, 3.8) is 0 Å². The van der Waals surface area contributed by atoms with Crippen LogP contribution in [0.2, 0.25) is 0 Å². The second-order valence-corrected chi connectivity index (χ2v) is 6.44. The van der Waals surface area contributed by atoms with E-state index in [1.165, 1.54) is 19.3 Å². The first-order valence-corrected chi connectivity index (χ1v) is 7.77. The highest BCUT2D eigenvalue weighted by Gasteiger charge is 2.45. The first-order chi connectivity index (χ1) is 9.48. The molecule has 2 fully saturated rings. The third-order valence-corrected chi connectivity index (χ3v) is 5.03. The van der Waals surface area contributed by atoms with Crippen LogP contribution < -0.4 is 5.32 Å². The molecule has 2 N–H and O–H groups in total. The van der Waals surface area contributed by atoms with Crippen molar-refractivity contribution in [3.05, 3.63) is 0 Å². The van der Waals surface area contributed by atoms with Crippen molar-refractivity contribution in [2.45, 2.75) is 58.4 Å². The number of carboxylic acid groups (broad SMARTS) is 1. The number of carboxylic acids is 1. The van der Waals surface area contributed by atoms with Gasteiger partial charge in [0.15, 0.2) is 0 Å². The van der Waals surface area contributed by atoms with Crippen molar-refractivity contribution in [1.29, 1.82) is 0 Å². The van der Waals surface area contributed by atoms with E-state index in [1.54, 1.807) is 4.90 Å². The number of carbonyl (C=O) groups is 2. The standard InChI is InChI=1S/C15H26N2O3/c1-3-7-15(13(18)19)8-9-17(10-15)14(20)16-11(2)12-5-4-6-12/h11-12H,3-10H2,1-2H3,(H,16,20)(H,18,19). The highest BCUT2D eigenvalue weighted by atomic mass is 16.4. The molecule has 0 radical (unpaired) electrons. The van der Waals surface area contributed by atoms with E-state index in [4.69, 9.17) is 0 Å². The van der Waals surface area contributed by atoms with E-state index < -0.39 is 11.4 Å². The molecule has 1 aliphatic heterocycles. The zero-order chi connectivity index (χ0) is 14.8. The molecule has 2 aliphatic rings. The lowest BCUT2D eigenvalue weighted by molar-refractivity contribution is -0.148. The number of carbonyl (C=O) groups excluding carboxylic acids is 1. The summed E-state index contributed by atoms with van der Waals surface area (Å²) in [4.78, 5) is 25.4. The summed E-state index contributed by atoms with van der Waals surface area (Å²) in [7, 11) is 0. The first-order valence-electron chi connectivity index (χ1n) is 7.77. The van der Waals surface area contributed by atoms with Gasteiger partial charge in [-0.1, -0.05) is 19.8 Å². The average molecular weight is 282 g/mol. The Morgan fingerprint density at radius 1 is 1.45 bits per heavy atom. The van der Waals surface area contributed by atoms with Crippen molar-refractivity contribution in [3.8, 4) is 0 Å². The van der Waals surface area contributed by atoms with Crippen LogP contribution in [0.5, 0.6) is 0 Å². The Balaban J connectivity index is 1.90. The van der Waals surface area contributed by atoms with Gasteiger partial charge >= 0.3 is 12.0 Å². The largest absolute Gasteiger partial charge is 0.481 e. The molecule has 0 aromatic carbocycles. The number of urea groups is 1. The Labute approximate surface area is 120 Å². The molecule has 2 rings (SSSR count). The third kappa shape index (κ3) is 2.91. The summed E-state index contributed by atoms with van der Waals surface area (Å²) in [5, 5.41) is 12.5. The van der Waals surface area contributed by atoms with E-state index in [0.29, 0.717) is 31.8 Å². The summed E-state index contributed by atoms with van der Waals surface area (Å²) < 4.78 is 0. The van der Waals surface area contributed by atoms with Crippen molar-refractivity contribution in [2.24, 2.45) is 11.3 Å². The van der Waals surface area contributed by atoms with Gasteiger partial charge in [0.05, 0.1) is 5.41 Å². The number of amides is 2. The molecule has 20 heavy (non-hydrogen) atoms. The van der Waals surface area contributed by atoms with Crippen LogP contribution in [0, 0.1) is 11.3 Å². The first kappa shape index (κ1) is 15.1. The van der Waals surface area contributed by atoms with E-state index in [-0.39, 0.29) is 12.1 Å². The zero-order valence-electron chi connectivity index (χ0n) is 12.5. The molecule has 0 bridgehead atoms. The van der Waals surface area contributed by atoms with Gasteiger partial charge in [0, 0.05) is 19.1 Å². The van der Waals surface area contributed by atoms with Crippen LogP contribution in [0.15, 0.2) is 0 Å². The molecule has 2 unspecified atom stereocenters. The molecule has 1 saturated heterocycles. The minimum atomic E-state index is -0.762. The van der Waals surface area contributed by atoms with Crippen LogP contribution in [0.1, 0.15) is 52.4 Å². The molecule has 1 aliphatic carbocycles. The molecule has 0 aromatic heterocycles. The summed E-state index contributed by atoms with van der Waals surface area (Å²) in [5.41, 5.74) is -0.730. The van der Waals surface area contributed by atoms with Crippen LogP contribution in [0.3, 0.4) is 0 Å². The van der Waals surface area contributed by atoms with Gasteiger partial charge in [0.2, 0.25) is 0 Å². The number of rotatable bonds is 5. The molecular weight excluding hydrogens is 256 g/mol. The Morgan fingerprint density at radius 2 is 2.15 bits per heavy atom. The van der Waals surface area contributed by atoms with Crippen molar-refractivity contribution in [2.75, 3.05) is 13.1 Å². The van der Waals surface area contributed by atoms with Gasteiger partial charge < -0.3 is 15.3 Å². The third-order valence-electron chi connectivity index (χ3n) is 5.03. The molecule has 2 amide bonds. The summed E-state index contributed by atoms with van der Waals surface area (Å²) in [6.07, 6.45) is 5.69. The second-order valence-electron chi connectivity index (χ2n) is 6.44. The zero-order valence-corrected chi connectivity index (χ0v) is 12.5. The lowest BCUT2D eigenvalue weighted by Crippen LogP contribution is -2.48. The van der Waals surface area contributed by atoms with E-state index in [1.807, 2.05) is 13.8 Å². The maximum Gasteiger partial charge on any atom is 0.317 e. The molecule has 5 nitrogen and oxygen atoms in total. The van der Waals surface area contributed by atoms with E-state index in [0.717, 1.165) is 6.42 Å². The Hall–Kier alpha value is -1.26. The molecule has 2 atom stereocenters. The van der Waals surface area contributed by atoms with Gasteiger partial charge in [-0.05, 0) is 38.5 Å². The van der Waals surface area contributed by atoms with Crippen LogP contribution in [-0.2, 0) is 4.79 Å². The summed E-state index contributed by atoms with van der Waals surface area (Å²) >= 11 is 0. The smallest absolute Gasteiger partial charge is 0.317 e. The number of likely N-dealkylation sites (tertiary alicyclic amines) is 1. The fourth-order valence-corrected chi connectivity index (χ4v) is 3.35. The highest BCUT2D eigenvalue weighted by molar-refractivity contribution is 5.79. The summed E-state index contributed by atoms with van der Waals surface area (Å²) in [6, 6.07) is 0.103. The lowest BCUT2D eigenvalue weighted by atomic mass is 9.80. The predicted octanol–water partition coefficient (Wildman–Crippen LogP) is 2.46. The number of nitrogens with one attached hydrogen (secondary N) is 1. The van der Waals surface area contributed by atoms with E-state index in [2.05, 4.69) is 5.32 Å². The summed E-state index contributed by atoms with van der Waals surface area (Å²) in [6.45, 7) is 4.94. The Bertz CT molecular complexity index is 381. The number of hydrogen-bond donors (Lipinski definition) is 2. The number of aliphatic carboxylic acids is 1. The highest BCUT2D eigenvalue weighted by Crippen LogP contribution is 2.36. The van der Waals surface area contributed by atoms with Crippen LogP contribution in [0.25, 0.3) is 0 Å². The van der Waals surface area contributed by atoms with Gasteiger partial charge in [-0.3, -0.25) is 4.79 Å². The fraction of sp³-hybridized carbons (Fsp3) is 0.867. The van der Waals surface area contributed by atoms with E-state index >= 15 is 0 Å². The molecule has 0 aromatic rings. The van der Waals surface area contributed by atoms with Gasteiger partial charge in [-0.15, -0.1) is 0 Å². The molecule has 1 saturated carbocycles. The van der Waals surface area contributed by atoms with Gasteiger partial charge in [-0.2, -0.15) is 0 Å². The topological polar surface area (TPSA) is 69.6 Å². The van der Waals surface area contributed by atoms with Crippen molar-refractivity contribution < 1.29 is 14.7 Å². The maximum absolute atomic E-state index is 12.2. The minimum absolute atomic E-state index is 0.0939. The molecular formula is C15H26N2O3. The van der Waals surface area contributed by atoms with Gasteiger partial charge in [0.25, 0.3) is 0 Å². The van der Waals surface area contributed by atoms with Crippen LogP contribution >= 0.6 is 0 Å². The van der Waals surface area contributed by atoms with Gasteiger partial charge in [0.1, 0.15) is 0 Å². The maximum atomic E-state index is 12.2. The number of hydrogen-bond acceptors (Lipinski definition) is 2. The van der Waals surface area contributed by atoms with Crippen molar-refractivity contribution >= 4 is 12.0 Å².